The Balaban J connectivity index is 2.55. The average Bonchev–Trinajstić information content (AvgIpc) is 2.81. The van der Waals surface area contributed by atoms with Crippen LogP contribution in [-0.2, 0) is 11.3 Å². The Labute approximate surface area is 161 Å². The van der Waals surface area contributed by atoms with Crippen LogP contribution in [0.15, 0.2) is 4.99 Å². The summed E-state index contributed by atoms with van der Waals surface area (Å²) in [6.07, 6.45) is -0.406. The molecule has 1 aromatic rings. The zero-order chi connectivity index (χ0) is 19.9. The van der Waals surface area contributed by atoms with E-state index in [0.717, 1.165) is 10.7 Å². The molecule has 7 nitrogen and oxygen atoms in total. The number of nitrogens with one attached hydrogen (secondary N) is 3. The molecule has 0 spiro atoms. The number of thiazole rings is 1. The predicted octanol–water partition coefficient (Wildman–Crippen LogP) is 2.97. The van der Waals surface area contributed by atoms with E-state index in [4.69, 9.17) is 4.74 Å². The van der Waals surface area contributed by atoms with Crippen LogP contribution < -0.4 is 16.0 Å². The highest BCUT2D eigenvalue weighted by molar-refractivity contribution is 7.11. The molecule has 148 valence electrons. The minimum Gasteiger partial charge on any atom is -0.444 e. The van der Waals surface area contributed by atoms with E-state index < -0.39 is 11.7 Å². The van der Waals surface area contributed by atoms with Gasteiger partial charge in [-0.25, -0.2) is 9.78 Å². The normalized spacial score (nSPS) is 13.5. The van der Waals surface area contributed by atoms with Crippen LogP contribution in [0, 0.1) is 19.8 Å². The Bertz CT molecular complexity index is 620. The summed E-state index contributed by atoms with van der Waals surface area (Å²) in [6, 6.07) is -0.0733. The number of rotatable bonds is 6. The molecule has 0 saturated carbocycles. The second kappa shape index (κ2) is 9.75. The molecule has 0 radical (unpaired) electrons. The topological polar surface area (TPSA) is 87.6 Å². The largest absolute Gasteiger partial charge is 0.444 e. The minimum atomic E-state index is -0.513. The van der Waals surface area contributed by atoms with E-state index in [9.17, 15) is 4.79 Å². The first-order valence-electron chi connectivity index (χ1n) is 8.88. The number of hydrogen-bond donors (Lipinski definition) is 3. The number of aliphatic imine (C=N–C) groups is 1. The molecule has 1 amide bonds. The second-order valence-corrected chi connectivity index (χ2v) is 8.83. The molecule has 8 heteroatoms. The van der Waals surface area contributed by atoms with Gasteiger partial charge in [-0.2, -0.15) is 0 Å². The zero-order valence-corrected chi connectivity index (χ0v) is 18.0. The van der Waals surface area contributed by atoms with Gasteiger partial charge in [-0.05, 0) is 40.5 Å². The third-order valence-corrected chi connectivity index (χ3v) is 4.71. The maximum Gasteiger partial charge on any atom is 0.407 e. The fourth-order valence-electron chi connectivity index (χ4n) is 2.24. The van der Waals surface area contributed by atoms with Crippen molar-refractivity contribution in [1.29, 1.82) is 0 Å². The van der Waals surface area contributed by atoms with Crippen molar-refractivity contribution in [3.05, 3.63) is 15.6 Å². The van der Waals surface area contributed by atoms with Crippen LogP contribution >= 0.6 is 11.3 Å². The summed E-state index contributed by atoms with van der Waals surface area (Å²) >= 11 is 1.68. The van der Waals surface area contributed by atoms with E-state index in [1.807, 2.05) is 34.6 Å². The summed E-state index contributed by atoms with van der Waals surface area (Å²) in [5.41, 5.74) is 0.531. The van der Waals surface area contributed by atoms with Gasteiger partial charge < -0.3 is 20.7 Å². The summed E-state index contributed by atoms with van der Waals surface area (Å²) in [6.45, 7) is 14.9. The Morgan fingerprint density at radius 2 is 1.92 bits per heavy atom. The van der Waals surface area contributed by atoms with Gasteiger partial charge in [0, 0.05) is 18.5 Å². The van der Waals surface area contributed by atoms with Crippen molar-refractivity contribution in [3.8, 4) is 0 Å². The van der Waals surface area contributed by atoms with E-state index in [0.29, 0.717) is 19.0 Å². The SMILES string of the molecule is CN=C(NCc1sc(C)nc1C)NCC(NC(=O)OC(C)(C)C)C(C)C. The highest BCUT2D eigenvalue weighted by Crippen LogP contribution is 2.16. The molecule has 0 aliphatic rings. The lowest BCUT2D eigenvalue weighted by Gasteiger charge is -2.26. The molecule has 0 aliphatic heterocycles. The standard InChI is InChI=1S/C18H33N5O2S/c1-11(2)14(23-17(24)25-18(5,6)7)9-20-16(19-8)21-10-15-12(3)22-13(4)26-15/h11,14H,9-10H2,1-8H3,(H,23,24)(H2,19,20,21). The molecule has 0 aliphatic carbocycles. The fraction of sp³-hybridized carbons (Fsp3) is 0.722. The number of ether oxygens (including phenoxy) is 1. The van der Waals surface area contributed by atoms with Gasteiger partial charge in [-0.1, -0.05) is 13.8 Å². The lowest BCUT2D eigenvalue weighted by molar-refractivity contribution is 0.0491. The molecule has 3 N–H and O–H groups in total. The van der Waals surface area contributed by atoms with Crippen molar-refractivity contribution < 1.29 is 9.53 Å². The monoisotopic (exact) mass is 383 g/mol. The van der Waals surface area contributed by atoms with Crippen molar-refractivity contribution in [3.63, 3.8) is 0 Å². The first-order valence-corrected chi connectivity index (χ1v) is 9.70. The van der Waals surface area contributed by atoms with Gasteiger partial charge in [0.15, 0.2) is 5.96 Å². The van der Waals surface area contributed by atoms with Crippen LogP contribution in [0.3, 0.4) is 0 Å². The van der Waals surface area contributed by atoms with E-state index in [-0.39, 0.29) is 12.0 Å². The van der Waals surface area contributed by atoms with Gasteiger partial charge in [0.2, 0.25) is 0 Å². The van der Waals surface area contributed by atoms with Gasteiger partial charge in [0.1, 0.15) is 5.60 Å². The summed E-state index contributed by atoms with van der Waals surface area (Å²) in [4.78, 5) is 21.9. The molecule has 1 unspecified atom stereocenters. The maximum atomic E-state index is 12.0. The summed E-state index contributed by atoms with van der Waals surface area (Å²) in [5.74, 6) is 0.937. The van der Waals surface area contributed by atoms with Gasteiger partial charge in [0.25, 0.3) is 0 Å². The molecule has 0 bridgehead atoms. The lowest BCUT2D eigenvalue weighted by Crippen LogP contribution is -2.50. The highest BCUT2D eigenvalue weighted by Gasteiger charge is 2.21. The van der Waals surface area contributed by atoms with E-state index in [2.05, 4.69) is 39.8 Å². The van der Waals surface area contributed by atoms with Gasteiger partial charge in [-0.3, -0.25) is 4.99 Å². The average molecular weight is 384 g/mol. The third kappa shape index (κ3) is 8.03. The first-order chi connectivity index (χ1) is 12.0. The molecule has 26 heavy (non-hydrogen) atoms. The number of hydrogen-bond acceptors (Lipinski definition) is 5. The molecule has 1 rings (SSSR count). The molecule has 1 aromatic heterocycles. The number of amides is 1. The van der Waals surface area contributed by atoms with Crippen molar-refractivity contribution in [2.45, 2.75) is 66.7 Å². The van der Waals surface area contributed by atoms with Crippen LogP contribution in [0.1, 0.15) is 50.2 Å². The van der Waals surface area contributed by atoms with Crippen molar-refractivity contribution in [2.75, 3.05) is 13.6 Å². The summed E-state index contributed by atoms with van der Waals surface area (Å²) in [5, 5.41) is 10.5. The summed E-state index contributed by atoms with van der Waals surface area (Å²) in [7, 11) is 1.73. The van der Waals surface area contributed by atoms with Crippen LogP contribution in [0.25, 0.3) is 0 Å². The van der Waals surface area contributed by atoms with E-state index >= 15 is 0 Å². The maximum absolute atomic E-state index is 12.0. The summed E-state index contributed by atoms with van der Waals surface area (Å²) < 4.78 is 5.34. The Kier molecular flexibility index (Phi) is 8.33. The van der Waals surface area contributed by atoms with Crippen LogP contribution in [0.4, 0.5) is 4.79 Å². The lowest BCUT2D eigenvalue weighted by atomic mass is 10.0. The van der Waals surface area contributed by atoms with Gasteiger partial charge >= 0.3 is 6.09 Å². The third-order valence-electron chi connectivity index (χ3n) is 3.64. The highest BCUT2D eigenvalue weighted by atomic mass is 32.1. The Morgan fingerprint density at radius 1 is 1.27 bits per heavy atom. The van der Waals surface area contributed by atoms with Crippen molar-refractivity contribution in [2.24, 2.45) is 10.9 Å². The first kappa shape index (κ1) is 22.2. The van der Waals surface area contributed by atoms with Crippen molar-refractivity contribution >= 4 is 23.4 Å². The van der Waals surface area contributed by atoms with E-state index in [1.54, 1.807) is 18.4 Å². The number of alkyl carbamates (subject to hydrolysis) is 1. The quantitative estimate of drug-likeness (QED) is 0.519. The zero-order valence-electron chi connectivity index (χ0n) is 17.2. The molecular formula is C18H33N5O2S. The number of aromatic nitrogens is 1. The Morgan fingerprint density at radius 3 is 2.38 bits per heavy atom. The molecule has 0 fully saturated rings. The smallest absolute Gasteiger partial charge is 0.407 e. The molecule has 0 aromatic carbocycles. The Hall–Kier alpha value is -1.83. The van der Waals surface area contributed by atoms with Crippen molar-refractivity contribution in [1.82, 2.24) is 20.9 Å². The minimum absolute atomic E-state index is 0.0733. The van der Waals surface area contributed by atoms with Crippen LogP contribution in [0.5, 0.6) is 0 Å². The number of aryl methyl sites for hydroxylation is 2. The molecule has 1 heterocycles. The van der Waals surface area contributed by atoms with Crippen LogP contribution in [0.2, 0.25) is 0 Å². The second-order valence-electron chi connectivity index (χ2n) is 7.54. The molecular weight excluding hydrogens is 350 g/mol. The molecule has 1 atom stereocenters. The molecule has 0 saturated heterocycles. The number of nitrogens with zero attached hydrogens (tertiary/aromatic N) is 2. The van der Waals surface area contributed by atoms with Gasteiger partial charge in [0.05, 0.1) is 23.3 Å². The number of carbonyl (C=O) groups excluding carboxylic acids is 1. The van der Waals surface area contributed by atoms with E-state index in [1.165, 1.54) is 4.88 Å². The van der Waals surface area contributed by atoms with Crippen LogP contribution in [-0.4, -0.2) is 42.3 Å². The predicted molar refractivity (Wildman–Crippen MR) is 108 cm³/mol. The number of carbonyl (C=O) groups is 1. The van der Waals surface area contributed by atoms with Gasteiger partial charge in [-0.15, -0.1) is 11.3 Å². The fourth-order valence-corrected chi connectivity index (χ4v) is 3.12. The number of guanidine groups is 1.